The average Bonchev–Trinajstić information content (AvgIpc) is 2.37. The second-order valence-electron chi connectivity index (χ2n) is 4.35. The molecular weight excluding hydrogens is 258 g/mol. The highest BCUT2D eigenvalue weighted by molar-refractivity contribution is 7.80. The summed E-state index contributed by atoms with van der Waals surface area (Å²) in [7, 11) is 0. The molecule has 2 aromatic carbocycles. The number of rotatable bonds is 4. The molecule has 1 amide bonds. The Morgan fingerprint density at radius 2 is 1.84 bits per heavy atom. The Kier molecular flexibility index (Phi) is 3.97. The van der Waals surface area contributed by atoms with Crippen LogP contribution in [0.3, 0.4) is 0 Å². The standard InChI is InChI=1S/C14H15N3OS/c15-13(18)12(17-14(16)19)8-9-5-6-10-3-1-2-4-11(10)7-9/h1-7,12H,8H2,(H2,15,18)(H3,16,17,19). The summed E-state index contributed by atoms with van der Waals surface area (Å²) in [6.07, 6.45) is 0.456. The number of carbonyl (C=O) groups is 1. The molecule has 98 valence electrons. The third-order valence-corrected chi connectivity index (χ3v) is 3.03. The summed E-state index contributed by atoms with van der Waals surface area (Å²) in [4.78, 5) is 11.3. The van der Waals surface area contributed by atoms with Crippen molar-refractivity contribution in [2.24, 2.45) is 11.5 Å². The first kappa shape index (κ1) is 13.3. The van der Waals surface area contributed by atoms with Gasteiger partial charge in [-0.15, -0.1) is 0 Å². The van der Waals surface area contributed by atoms with E-state index in [0.29, 0.717) is 6.42 Å². The van der Waals surface area contributed by atoms with Gasteiger partial charge in [0, 0.05) is 6.42 Å². The van der Waals surface area contributed by atoms with Gasteiger partial charge in [0.25, 0.3) is 0 Å². The van der Waals surface area contributed by atoms with Gasteiger partial charge in [0.2, 0.25) is 5.91 Å². The quantitative estimate of drug-likeness (QED) is 0.728. The van der Waals surface area contributed by atoms with E-state index in [-0.39, 0.29) is 5.11 Å². The number of carbonyl (C=O) groups excluding carboxylic acids is 1. The highest BCUT2D eigenvalue weighted by Gasteiger charge is 2.16. The lowest BCUT2D eigenvalue weighted by Gasteiger charge is -2.15. The van der Waals surface area contributed by atoms with E-state index in [1.807, 2.05) is 42.5 Å². The predicted octanol–water partition coefficient (Wildman–Crippen LogP) is 1.07. The molecule has 4 nitrogen and oxygen atoms in total. The molecule has 0 saturated heterocycles. The van der Waals surface area contributed by atoms with Gasteiger partial charge in [0.15, 0.2) is 5.11 Å². The van der Waals surface area contributed by atoms with Gasteiger partial charge < -0.3 is 16.8 Å². The largest absolute Gasteiger partial charge is 0.376 e. The minimum Gasteiger partial charge on any atom is -0.376 e. The topological polar surface area (TPSA) is 81.1 Å². The highest BCUT2D eigenvalue weighted by atomic mass is 32.1. The van der Waals surface area contributed by atoms with Gasteiger partial charge in [-0.25, -0.2) is 0 Å². The zero-order valence-electron chi connectivity index (χ0n) is 10.3. The number of amides is 1. The number of nitrogens with two attached hydrogens (primary N) is 2. The molecule has 0 aliphatic rings. The first-order valence-electron chi connectivity index (χ1n) is 5.89. The van der Waals surface area contributed by atoms with Gasteiger partial charge in [-0.1, -0.05) is 42.5 Å². The summed E-state index contributed by atoms with van der Waals surface area (Å²) in [5.74, 6) is -0.471. The molecule has 0 fully saturated rings. The molecule has 0 aliphatic carbocycles. The van der Waals surface area contributed by atoms with Crippen LogP contribution in [0.15, 0.2) is 42.5 Å². The average molecular weight is 273 g/mol. The molecule has 0 aromatic heterocycles. The molecule has 19 heavy (non-hydrogen) atoms. The minimum absolute atomic E-state index is 0.0737. The van der Waals surface area contributed by atoms with E-state index in [2.05, 4.69) is 5.32 Å². The van der Waals surface area contributed by atoms with E-state index >= 15 is 0 Å². The van der Waals surface area contributed by atoms with Crippen LogP contribution in [0.4, 0.5) is 0 Å². The molecule has 2 rings (SSSR count). The smallest absolute Gasteiger partial charge is 0.240 e. The highest BCUT2D eigenvalue weighted by Crippen LogP contribution is 2.16. The van der Waals surface area contributed by atoms with Gasteiger partial charge in [0.05, 0.1) is 0 Å². The van der Waals surface area contributed by atoms with E-state index in [1.165, 1.54) is 0 Å². The Balaban J connectivity index is 2.23. The van der Waals surface area contributed by atoms with Crippen molar-refractivity contribution in [3.05, 3.63) is 48.0 Å². The van der Waals surface area contributed by atoms with Crippen molar-refractivity contribution >= 4 is 34.0 Å². The molecule has 0 saturated carbocycles. The van der Waals surface area contributed by atoms with Crippen LogP contribution in [0, 0.1) is 0 Å². The number of nitrogens with one attached hydrogen (secondary N) is 1. The minimum atomic E-state index is -0.585. The molecule has 0 heterocycles. The van der Waals surface area contributed by atoms with E-state index in [0.717, 1.165) is 16.3 Å². The molecule has 5 heteroatoms. The second-order valence-corrected chi connectivity index (χ2v) is 4.79. The Labute approximate surface area is 116 Å². The van der Waals surface area contributed by atoms with Gasteiger partial charge >= 0.3 is 0 Å². The number of benzene rings is 2. The number of thiocarbonyl (C=S) groups is 1. The van der Waals surface area contributed by atoms with Crippen molar-refractivity contribution in [3.63, 3.8) is 0 Å². The maximum atomic E-state index is 11.3. The lowest BCUT2D eigenvalue weighted by atomic mass is 10.0. The molecular formula is C14H15N3OS. The summed E-state index contributed by atoms with van der Waals surface area (Å²) in [5, 5.41) is 5.06. The summed E-state index contributed by atoms with van der Waals surface area (Å²) in [6.45, 7) is 0. The second kappa shape index (κ2) is 5.67. The Morgan fingerprint density at radius 3 is 2.47 bits per heavy atom. The van der Waals surface area contributed by atoms with E-state index in [9.17, 15) is 4.79 Å². The summed E-state index contributed by atoms with van der Waals surface area (Å²) in [6, 6.07) is 13.5. The van der Waals surface area contributed by atoms with Gasteiger partial charge in [-0.05, 0) is 28.6 Å². The van der Waals surface area contributed by atoms with Crippen LogP contribution in [-0.2, 0) is 11.2 Å². The van der Waals surface area contributed by atoms with Gasteiger partial charge in [0.1, 0.15) is 6.04 Å². The molecule has 0 radical (unpaired) electrons. The predicted molar refractivity (Wildman–Crippen MR) is 80.6 cm³/mol. The Bertz CT molecular complexity index is 627. The van der Waals surface area contributed by atoms with Crippen LogP contribution in [0.25, 0.3) is 10.8 Å². The number of hydrogen-bond acceptors (Lipinski definition) is 2. The van der Waals surface area contributed by atoms with Crippen molar-refractivity contribution in [1.82, 2.24) is 5.32 Å². The summed E-state index contributed by atoms with van der Waals surface area (Å²) in [5.41, 5.74) is 11.7. The third-order valence-electron chi connectivity index (χ3n) is 2.91. The fraction of sp³-hybridized carbons (Fsp3) is 0.143. The molecule has 0 spiro atoms. The zero-order valence-corrected chi connectivity index (χ0v) is 11.1. The molecule has 2 aromatic rings. The molecule has 5 N–H and O–H groups in total. The fourth-order valence-corrected chi connectivity index (χ4v) is 2.14. The monoisotopic (exact) mass is 273 g/mol. The van der Waals surface area contributed by atoms with E-state index in [4.69, 9.17) is 23.7 Å². The fourth-order valence-electron chi connectivity index (χ4n) is 2.00. The summed E-state index contributed by atoms with van der Waals surface area (Å²) < 4.78 is 0. The molecule has 0 bridgehead atoms. The Morgan fingerprint density at radius 1 is 1.16 bits per heavy atom. The SMILES string of the molecule is NC(=O)C(Cc1ccc2ccccc2c1)NC(N)=S. The normalized spacial score (nSPS) is 12.0. The van der Waals surface area contributed by atoms with Crippen molar-refractivity contribution in [2.75, 3.05) is 0 Å². The lowest BCUT2D eigenvalue weighted by molar-refractivity contribution is -0.119. The van der Waals surface area contributed by atoms with E-state index < -0.39 is 11.9 Å². The van der Waals surface area contributed by atoms with Crippen LogP contribution in [0.1, 0.15) is 5.56 Å². The zero-order chi connectivity index (χ0) is 13.8. The van der Waals surface area contributed by atoms with Crippen molar-refractivity contribution < 1.29 is 4.79 Å². The molecule has 1 unspecified atom stereocenters. The number of fused-ring (bicyclic) bond motifs is 1. The first-order chi connectivity index (χ1) is 9.06. The van der Waals surface area contributed by atoms with Crippen LogP contribution < -0.4 is 16.8 Å². The maximum Gasteiger partial charge on any atom is 0.240 e. The van der Waals surface area contributed by atoms with Crippen LogP contribution >= 0.6 is 12.2 Å². The third kappa shape index (κ3) is 3.42. The van der Waals surface area contributed by atoms with Crippen LogP contribution in [0.2, 0.25) is 0 Å². The van der Waals surface area contributed by atoms with Crippen molar-refractivity contribution in [3.8, 4) is 0 Å². The number of primary amides is 1. The lowest BCUT2D eigenvalue weighted by Crippen LogP contribution is -2.47. The van der Waals surface area contributed by atoms with E-state index in [1.54, 1.807) is 0 Å². The maximum absolute atomic E-state index is 11.3. The van der Waals surface area contributed by atoms with Crippen molar-refractivity contribution in [2.45, 2.75) is 12.5 Å². The summed E-state index contributed by atoms with van der Waals surface area (Å²) >= 11 is 4.74. The van der Waals surface area contributed by atoms with Gasteiger partial charge in [-0.2, -0.15) is 0 Å². The molecule has 1 atom stereocenters. The molecule has 0 aliphatic heterocycles. The van der Waals surface area contributed by atoms with Crippen molar-refractivity contribution in [1.29, 1.82) is 0 Å². The van der Waals surface area contributed by atoms with Gasteiger partial charge in [-0.3, -0.25) is 4.79 Å². The first-order valence-corrected chi connectivity index (χ1v) is 6.30. The number of hydrogen-bond donors (Lipinski definition) is 3. The van der Waals surface area contributed by atoms with Crippen LogP contribution in [0.5, 0.6) is 0 Å². The van der Waals surface area contributed by atoms with Crippen LogP contribution in [-0.4, -0.2) is 17.1 Å². The Hall–Kier alpha value is -2.14.